The van der Waals surface area contributed by atoms with Crippen LogP contribution in [-0.4, -0.2) is 71.1 Å². The number of hydrogen-bond donors (Lipinski definition) is 3. The zero-order valence-electron chi connectivity index (χ0n) is 30.8. The summed E-state index contributed by atoms with van der Waals surface area (Å²) < 4.78 is 5.30. The maximum Gasteiger partial charge on any atom is 0.326 e. The second-order valence-electron chi connectivity index (χ2n) is 14.2. The van der Waals surface area contributed by atoms with Crippen molar-refractivity contribution in [3.63, 3.8) is 0 Å². The van der Waals surface area contributed by atoms with Crippen LogP contribution in [0.2, 0.25) is 5.02 Å². The third kappa shape index (κ3) is 9.46. The molecule has 13 heteroatoms. The van der Waals surface area contributed by atoms with Gasteiger partial charge in [-0.1, -0.05) is 60.8 Å². The van der Waals surface area contributed by atoms with Crippen LogP contribution in [0, 0.1) is 5.41 Å². The van der Waals surface area contributed by atoms with Gasteiger partial charge in [-0.05, 0) is 79.3 Å². The number of ketones is 1. The summed E-state index contributed by atoms with van der Waals surface area (Å²) >= 11 is 6.24. The fraction of sp³-hybridized carbons (Fsp3) is 0.415. The molecule has 4 amide bonds. The number of anilines is 1. The number of amides is 4. The number of ether oxygens (including phenoxy) is 1. The van der Waals surface area contributed by atoms with Crippen molar-refractivity contribution in [2.75, 3.05) is 18.6 Å². The molecule has 2 fully saturated rings. The molecule has 2 aliphatic rings. The highest BCUT2D eigenvalue weighted by Crippen LogP contribution is 2.42. The number of nitrogens with one attached hydrogen (secondary N) is 2. The van der Waals surface area contributed by atoms with E-state index < -0.39 is 29.6 Å². The minimum absolute atomic E-state index is 0.00651. The fourth-order valence-electron chi connectivity index (χ4n) is 7.46. The van der Waals surface area contributed by atoms with Crippen molar-refractivity contribution in [3.8, 4) is 5.75 Å². The van der Waals surface area contributed by atoms with E-state index in [1.165, 1.54) is 13.8 Å². The van der Waals surface area contributed by atoms with E-state index in [-0.39, 0.29) is 55.1 Å². The number of aliphatic carboxylic acids is 1. The van der Waals surface area contributed by atoms with Gasteiger partial charge in [0.2, 0.25) is 17.7 Å². The van der Waals surface area contributed by atoms with E-state index in [9.17, 15) is 33.9 Å². The number of methoxy groups -OCH3 is 1. The first-order valence-electron chi connectivity index (χ1n) is 18.2. The number of nitrogens with zero attached hydrogens (tertiary/aromatic N) is 2. The van der Waals surface area contributed by atoms with Gasteiger partial charge in [-0.15, -0.1) is 0 Å². The van der Waals surface area contributed by atoms with Crippen molar-refractivity contribution in [1.29, 1.82) is 0 Å². The first-order valence-corrected chi connectivity index (χ1v) is 18.6. The number of benzene rings is 3. The smallest absolute Gasteiger partial charge is 0.326 e. The number of Topliss-reactive ketones (excluding diaryl/α,β-unsaturated/α-hetero) is 1. The lowest BCUT2D eigenvalue weighted by Crippen LogP contribution is -2.49. The molecule has 2 unspecified atom stereocenters. The summed E-state index contributed by atoms with van der Waals surface area (Å²) in [6.45, 7) is 3.16. The summed E-state index contributed by atoms with van der Waals surface area (Å²) in [6.07, 6.45) is 2.64. The Morgan fingerprint density at radius 3 is 2.11 bits per heavy atom. The highest BCUT2D eigenvalue weighted by atomic mass is 35.5. The third-order valence-electron chi connectivity index (χ3n) is 10.4. The predicted octanol–water partition coefficient (Wildman–Crippen LogP) is 5.40. The lowest BCUT2D eigenvalue weighted by atomic mass is 9.81. The molecule has 1 saturated heterocycles. The molecule has 54 heavy (non-hydrogen) atoms. The van der Waals surface area contributed by atoms with Gasteiger partial charge >= 0.3 is 5.97 Å². The van der Waals surface area contributed by atoms with E-state index in [1.54, 1.807) is 77.6 Å². The van der Waals surface area contributed by atoms with Crippen LogP contribution in [0.4, 0.5) is 5.69 Å². The topological polar surface area (TPSA) is 162 Å². The van der Waals surface area contributed by atoms with Crippen molar-refractivity contribution in [1.82, 2.24) is 15.5 Å². The van der Waals surface area contributed by atoms with Gasteiger partial charge in [0.15, 0.2) is 0 Å². The van der Waals surface area contributed by atoms with Crippen LogP contribution in [0.5, 0.6) is 5.75 Å². The van der Waals surface area contributed by atoms with Crippen molar-refractivity contribution in [2.45, 2.75) is 89.9 Å². The average Bonchev–Trinajstić information content (AvgIpc) is 3.74. The molecular formula is C41H47ClN4O8. The van der Waals surface area contributed by atoms with Crippen LogP contribution in [-0.2, 0) is 41.6 Å². The van der Waals surface area contributed by atoms with E-state index >= 15 is 0 Å². The maximum absolute atomic E-state index is 14.5. The molecule has 0 spiro atoms. The van der Waals surface area contributed by atoms with Gasteiger partial charge in [-0.25, -0.2) is 4.79 Å². The van der Waals surface area contributed by atoms with Gasteiger partial charge in [0, 0.05) is 49.9 Å². The van der Waals surface area contributed by atoms with Crippen molar-refractivity contribution in [2.24, 2.45) is 5.41 Å². The summed E-state index contributed by atoms with van der Waals surface area (Å²) in [7, 11) is 1.56. The largest absolute Gasteiger partial charge is 0.497 e. The van der Waals surface area contributed by atoms with E-state index in [0.717, 1.165) is 18.4 Å². The molecule has 3 aromatic carbocycles. The minimum Gasteiger partial charge on any atom is -0.497 e. The third-order valence-corrected chi connectivity index (χ3v) is 10.6. The summed E-state index contributed by atoms with van der Waals surface area (Å²) in [5.41, 5.74) is 1.79. The lowest BCUT2D eigenvalue weighted by Gasteiger charge is -2.32. The van der Waals surface area contributed by atoms with E-state index in [1.807, 2.05) is 12.1 Å². The molecule has 1 aliphatic carbocycles. The van der Waals surface area contributed by atoms with Crippen molar-refractivity contribution >= 4 is 52.7 Å². The summed E-state index contributed by atoms with van der Waals surface area (Å²) in [4.78, 5) is 81.0. The molecule has 1 saturated carbocycles. The highest BCUT2D eigenvalue weighted by Gasteiger charge is 2.49. The minimum atomic E-state index is -1.21. The molecule has 0 bridgehead atoms. The van der Waals surface area contributed by atoms with E-state index in [4.69, 9.17) is 16.3 Å². The number of hydrogen-bond acceptors (Lipinski definition) is 7. The SMILES string of the molecule is COc1ccc(C[C@@H]2C(=O)N(c3ccc(CC(NC(=O)C4(CCNC(C)=O)CCCC4)C(=O)O)cc3)C(c3ccc(Cl)cc3)N2C(=O)CCC(C)=O)cc1. The Labute approximate surface area is 320 Å². The zero-order chi connectivity index (χ0) is 39.0. The molecule has 5 rings (SSSR count). The second kappa shape index (κ2) is 17.7. The normalized spacial score (nSPS) is 18.3. The Morgan fingerprint density at radius 2 is 1.54 bits per heavy atom. The van der Waals surface area contributed by atoms with Crippen LogP contribution < -0.4 is 20.3 Å². The summed E-state index contributed by atoms with van der Waals surface area (Å²) in [6, 6.07) is 18.9. The highest BCUT2D eigenvalue weighted by molar-refractivity contribution is 6.30. The average molecular weight is 759 g/mol. The van der Waals surface area contributed by atoms with Gasteiger partial charge in [0.1, 0.15) is 29.8 Å². The fourth-order valence-corrected chi connectivity index (χ4v) is 7.59. The molecule has 3 atom stereocenters. The molecule has 3 aromatic rings. The van der Waals surface area contributed by atoms with E-state index in [2.05, 4.69) is 10.6 Å². The number of rotatable bonds is 16. The Balaban J connectivity index is 1.44. The molecule has 12 nitrogen and oxygen atoms in total. The van der Waals surface area contributed by atoms with E-state index in [0.29, 0.717) is 53.4 Å². The Hall–Kier alpha value is -5.23. The van der Waals surface area contributed by atoms with Gasteiger partial charge in [-0.3, -0.25) is 24.1 Å². The second-order valence-corrected chi connectivity index (χ2v) is 14.6. The molecule has 3 N–H and O–H groups in total. The first kappa shape index (κ1) is 40.0. The zero-order valence-corrected chi connectivity index (χ0v) is 31.6. The molecule has 286 valence electrons. The van der Waals surface area contributed by atoms with Crippen LogP contribution >= 0.6 is 11.6 Å². The first-order chi connectivity index (χ1) is 25.8. The Bertz CT molecular complexity index is 1840. The molecule has 1 heterocycles. The molecule has 0 radical (unpaired) electrons. The van der Waals surface area contributed by atoms with Crippen LogP contribution in [0.3, 0.4) is 0 Å². The number of carboxylic acids is 1. The van der Waals surface area contributed by atoms with Crippen molar-refractivity contribution < 1.29 is 38.6 Å². The van der Waals surface area contributed by atoms with Crippen LogP contribution in [0.1, 0.15) is 81.6 Å². The number of halogens is 1. The van der Waals surface area contributed by atoms with Gasteiger partial charge < -0.3 is 30.2 Å². The molecular weight excluding hydrogens is 712 g/mol. The number of carbonyl (C=O) groups excluding carboxylic acids is 5. The summed E-state index contributed by atoms with van der Waals surface area (Å²) in [5, 5.41) is 16.1. The standard InChI is InChI=1S/C41H47ClN4O8/c1-26(47)6-19-36(49)46-35(25-29-9-17-33(54-3)18-10-29)38(50)45(37(46)30-11-13-31(42)14-12-30)32-15-7-28(8-16-32)24-34(39(51)52)44-40(53)41(20-4-5-21-41)22-23-43-27(2)48/h7-18,34-35,37H,4-6,19-25H2,1-3H3,(H,43,48)(H,44,53)(H,51,52)/t34?,35-,37?/m1/s1. The number of carbonyl (C=O) groups is 6. The molecule has 1 aliphatic heterocycles. The van der Waals surface area contributed by atoms with Gasteiger partial charge in [0.25, 0.3) is 5.91 Å². The maximum atomic E-state index is 14.5. The Morgan fingerprint density at radius 1 is 0.907 bits per heavy atom. The molecule has 0 aromatic heterocycles. The predicted molar refractivity (Wildman–Crippen MR) is 203 cm³/mol. The van der Waals surface area contributed by atoms with Gasteiger partial charge in [-0.2, -0.15) is 0 Å². The quantitative estimate of drug-likeness (QED) is 0.175. The summed E-state index contributed by atoms with van der Waals surface area (Å²) in [5.74, 6) is -1.88. The van der Waals surface area contributed by atoms with Crippen molar-refractivity contribution in [3.05, 3.63) is 94.5 Å². The lowest BCUT2D eigenvalue weighted by molar-refractivity contribution is -0.144. The van der Waals surface area contributed by atoms with Gasteiger partial charge in [0.05, 0.1) is 12.5 Å². The number of carboxylic acid groups (broad SMARTS) is 1. The Kier molecular flexibility index (Phi) is 13.1. The van der Waals surface area contributed by atoms with Crippen LogP contribution in [0.25, 0.3) is 0 Å². The van der Waals surface area contributed by atoms with Crippen LogP contribution in [0.15, 0.2) is 72.8 Å². The monoisotopic (exact) mass is 758 g/mol.